The number of ether oxygens (including phenoxy) is 3. The maximum Gasteiger partial charge on any atom is 0.163 e. The molecule has 0 spiro atoms. The van der Waals surface area contributed by atoms with E-state index in [4.69, 9.17) is 14.2 Å². The van der Waals surface area contributed by atoms with Gasteiger partial charge in [0.05, 0.1) is 25.7 Å². The minimum absolute atomic E-state index is 0.0123. The van der Waals surface area contributed by atoms with Gasteiger partial charge in [0.2, 0.25) is 0 Å². The topological polar surface area (TPSA) is 78.0 Å². The van der Waals surface area contributed by atoms with Crippen LogP contribution in [0.25, 0.3) is 10.9 Å². The SMILES string of the molecule is COc1cc2c(Oc3ccc(CC(=O)CC(=O)Cc4ccc(F)cc4)c(F)c3)ccnc2cc1OCCCCN1CCCCC1. The third-order valence-electron chi connectivity index (χ3n) is 7.91. The number of halogens is 2. The smallest absolute Gasteiger partial charge is 0.163 e. The van der Waals surface area contributed by atoms with Gasteiger partial charge in [-0.3, -0.25) is 14.6 Å². The van der Waals surface area contributed by atoms with E-state index in [-0.39, 0.29) is 36.4 Å². The van der Waals surface area contributed by atoms with Crippen molar-refractivity contribution in [2.45, 2.75) is 51.4 Å². The Balaban J connectivity index is 1.18. The van der Waals surface area contributed by atoms with E-state index in [0.29, 0.717) is 40.3 Å². The van der Waals surface area contributed by atoms with Crippen LogP contribution in [0.15, 0.2) is 66.9 Å². The second-order valence-electron chi connectivity index (χ2n) is 11.4. The zero-order valence-electron chi connectivity index (χ0n) is 25.5. The Labute approximate surface area is 262 Å². The maximum absolute atomic E-state index is 15.0. The van der Waals surface area contributed by atoms with Gasteiger partial charge in [0.15, 0.2) is 11.5 Å². The predicted octanol–water partition coefficient (Wildman–Crippen LogP) is 7.27. The molecule has 0 amide bonds. The van der Waals surface area contributed by atoms with E-state index < -0.39 is 17.4 Å². The Morgan fingerprint density at radius 1 is 0.844 bits per heavy atom. The number of ketones is 2. The van der Waals surface area contributed by atoms with E-state index in [9.17, 15) is 18.4 Å². The first kappa shape index (κ1) is 32.0. The van der Waals surface area contributed by atoms with Crippen molar-refractivity contribution in [1.82, 2.24) is 9.88 Å². The predicted molar refractivity (Wildman–Crippen MR) is 168 cm³/mol. The summed E-state index contributed by atoms with van der Waals surface area (Å²) in [5.41, 5.74) is 1.43. The monoisotopic (exact) mass is 616 g/mol. The number of pyridine rings is 1. The van der Waals surface area contributed by atoms with Crippen LogP contribution < -0.4 is 14.2 Å². The molecule has 1 aromatic heterocycles. The molecule has 1 fully saturated rings. The van der Waals surface area contributed by atoms with Crippen LogP contribution in [0.3, 0.4) is 0 Å². The third kappa shape index (κ3) is 9.08. The van der Waals surface area contributed by atoms with E-state index in [1.165, 1.54) is 68.8 Å². The van der Waals surface area contributed by atoms with Gasteiger partial charge in [0.1, 0.15) is 34.7 Å². The van der Waals surface area contributed by atoms with Gasteiger partial charge in [-0.1, -0.05) is 24.6 Å². The number of Topliss-reactive ketones (excluding diaryl/α,β-unsaturated/α-hetero) is 2. The molecule has 0 atom stereocenters. The average Bonchev–Trinajstić information content (AvgIpc) is 3.03. The number of benzene rings is 3. The number of nitrogens with zero attached hydrogens (tertiary/aromatic N) is 2. The Hall–Kier alpha value is -4.37. The number of carbonyl (C=O) groups is 2. The summed E-state index contributed by atoms with van der Waals surface area (Å²) >= 11 is 0. The van der Waals surface area contributed by atoms with Crippen molar-refractivity contribution in [3.63, 3.8) is 0 Å². The molecular weight excluding hydrogens is 578 g/mol. The van der Waals surface area contributed by atoms with Crippen LogP contribution in [0.4, 0.5) is 8.78 Å². The number of fused-ring (bicyclic) bond motifs is 1. The lowest BCUT2D eigenvalue weighted by molar-refractivity contribution is -0.126. The summed E-state index contributed by atoms with van der Waals surface area (Å²) in [6, 6.07) is 15.1. The van der Waals surface area contributed by atoms with E-state index in [0.717, 1.165) is 19.4 Å². The van der Waals surface area contributed by atoms with Gasteiger partial charge in [-0.25, -0.2) is 8.78 Å². The molecule has 5 rings (SSSR count). The fraction of sp³-hybridized carbons (Fsp3) is 0.361. The first-order chi connectivity index (χ1) is 21.9. The number of piperidine rings is 1. The Bertz CT molecular complexity index is 1620. The zero-order valence-corrected chi connectivity index (χ0v) is 25.5. The molecule has 236 valence electrons. The van der Waals surface area contributed by atoms with Crippen molar-refractivity contribution < 1.29 is 32.6 Å². The lowest BCUT2D eigenvalue weighted by atomic mass is 10.0. The van der Waals surface area contributed by atoms with E-state index in [1.54, 1.807) is 31.5 Å². The van der Waals surface area contributed by atoms with Crippen LogP contribution in [-0.4, -0.2) is 54.8 Å². The van der Waals surface area contributed by atoms with E-state index in [2.05, 4.69) is 9.88 Å². The molecule has 0 unspecified atom stereocenters. The molecule has 0 saturated carbocycles. The maximum atomic E-state index is 15.0. The van der Waals surface area contributed by atoms with Crippen molar-refractivity contribution in [2.24, 2.45) is 0 Å². The molecule has 1 saturated heterocycles. The Morgan fingerprint density at radius 3 is 2.38 bits per heavy atom. The summed E-state index contributed by atoms with van der Waals surface area (Å²) < 4.78 is 45.8. The summed E-state index contributed by atoms with van der Waals surface area (Å²) in [5.74, 6) is 0.131. The summed E-state index contributed by atoms with van der Waals surface area (Å²) in [6.07, 6.45) is 6.99. The van der Waals surface area contributed by atoms with Crippen LogP contribution in [0.5, 0.6) is 23.0 Å². The molecule has 0 radical (unpaired) electrons. The van der Waals surface area contributed by atoms with Gasteiger partial charge in [-0.15, -0.1) is 0 Å². The molecule has 9 heteroatoms. The fourth-order valence-corrected chi connectivity index (χ4v) is 5.54. The first-order valence-electron chi connectivity index (χ1n) is 15.4. The second kappa shape index (κ2) is 15.6. The zero-order chi connectivity index (χ0) is 31.6. The highest BCUT2D eigenvalue weighted by Gasteiger charge is 2.16. The first-order valence-corrected chi connectivity index (χ1v) is 15.4. The van der Waals surface area contributed by atoms with Crippen LogP contribution in [0.2, 0.25) is 0 Å². The van der Waals surface area contributed by atoms with E-state index >= 15 is 0 Å². The lowest BCUT2D eigenvalue weighted by Gasteiger charge is -2.26. The minimum atomic E-state index is -0.612. The molecule has 0 bridgehead atoms. The molecule has 0 N–H and O–H groups in total. The number of aromatic nitrogens is 1. The van der Waals surface area contributed by atoms with Gasteiger partial charge in [0.25, 0.3) is 0 Å². The highest BCUT2D eigenvalue weighted by Crippen LogP contribution is 2.37. The van der Waals surface area contributed by atoms with Crippen LogP contribution in [-0.2, 0) is 22.4 Å². The Morgan fingerprint density at radius 2 is 1.62 bits per heavy atom. The lowest BCUT2D eigenvalue weighted by Crippen LogP contribution is -2.30. The van der Waals surface area contributed by atoms with Crippen molar-refractivity contribution in [3.05, 3.63) is 89.6 Å². The van der Waals surface area contributed by atoms with Gasteiger partial charge in [-0.05, 0) is 86.8 Å². The van der Waals surface area contributed by atoms with E-state index in [1.807, 2.05) is 6.07 Å². The fourth-order valence-electron chi connectivity index (χ4n) is 5.54. The second-order valence-corrected chi connectivity index (χ2v) is 11.4. The van der Waals surface area contributed by atoms with Gasteiger partial charge >= 0.3 is 0 Å². The summed E-state index contributed by atoms with van der Waals surface area (Å²) in [7, 11) is 1.58. The number of likely N-dealkylation sites (tertiary alicyclic amines) is 1. The van der Waals surface area contributed by atoms with Gasteiger partial charge < -0.3 is 19.1 Å². The normalized spacial score (nSPS) is 13.5. The third-order valence-corrected chi connectivity index (χ3v) is 7.91. The highest BCUT2D eigenvalue weighted by molar-refractivity contribution is 6.00. The summed E-state index contributed by atoms with van der Waals surface area (Å²) in [5, 5.41) is 0.672. The van der Waals surface area contributed by atoms with Crippen molar-refractivity contribution in [1.29, 1.82) is 0 Å². The number of hydrogen-bond donors (Lipinski definition) is 0. The number of hydrogen-bond acceptors (Lipinski definition) is 7. The number of rotatable bonds is 15. The molecule has 3 aromatic carbocycles. The van der Waals surface area contributed by atoms with Crippen molar-refractivity contribution >= 4 is 22.5 Å². The minimum Gasteiger partial charge on any atom is -0.493 e. The van der Waals surface area contributed by atoms with Crippen LogP contribution in [0, 0.1) is 11.6 Å². The molecule has 1 aliphatic heterocycles. The van der Waals surface area contributed by atoms with Gasteiger partial charge in [-0.2, -0.15) is 0 Å². The molecule has 7 nitrogen and oxygen atoms in total. The molecule has 1 aliphatic rings. The van der Waals surface area contributed by atoms with Gasteiger partial charge in [0, 0.05) is 36.6 Å². The summed E-state index contributed by atoms with van der Waals surface area (Å²) in [4.78, 5) is 31.8. The van der Waals surface area contributed by atoms with Crippen molar-refractivity contribution in [2.75, 3.05) is 33.4 Å². The summed E-state index contributed by atoms with van der Waals surface area (Å²) in [6.45, 7) is 4.05. The quantitative estimate of drug-likeness (QED) is 0.103. The number of unbranched alkanes of at least 4 members (excludes halogenated alkanes) is 1. The molecule has 4 aromatic rings. The molecule has 2 heterocycles. The van der Waals surface area contributed by atoms with Crippen LogP contribution in [0.1, 0.15) is 49.7 Å². The molecular formula is C36H38F2N2O5. The number of carbonyl (C=O) groups excluding carboxylic acids is 2. The highest BCUT2D eigenvalue weighted by atomic mass is 19.1. The standard InChI is InChI=1S/C36H38F2N2O5/c1-43-35-23-31-33(24-36(35)44-18-6-5-17-40-15-3-2-4-16-40)39-14-13-34(31)45-30-12-9-26(32(38)22-30)20-29(42)21-28(41)19-25-7-10-27(37)11-8-25/h7-14,22-24H,2-6,15-21H2,1H3. The molecule has 45 heavy (non-hydrogen) atoms. The Kier molecular flexibility index (Phi) is 11.1. The largest absolute Gasteiger partial charge is 0.493 e. The number of methoxy groups -OCH3 is 1. The average molecular weight is 617 g/mol. The van der Waals surface area contributed by atoms with Crippen LogP contribution >= 0.6 is 0 Å². The molecule has 0 aliphatic carbocycles. The van der Waals surface area contributed by atoms with Crippen molar-refractivity contribution in [3.8, 4) is 23.0 Å².